The van der Waals surface area contributed by atoms with Crippen LogP contribution in [0.2, 0.25) is 4.47 Å². The summed E-state index contributed by atoms with van der Waals surface area (Å²) in [6.07, 6.45) is 1.88. The van der Waals surface area contributed by atoms with Gasteiger partial charge >= 0.3 is 0 Å². The summed E-state index contributed by atoms with van der Waals surface area (Å²) in [5.74, 6) is 0. The molecule has 0 unspecified atom stereocenters. The van der Waals surface area contributed by atoms with Gasteiger partial charge in [-0.05, 0) is 7.05 Å². The minimum atomic E-state index is 0.647. The number of hydrogen-bond donors (Lipinski definition) is 0. The average molecular weight is 232 g/mol. The second-order valence-corrected chi connectivity index (χ2v) is 5.36. The molecule has 0 radical (unpaired) electrons. The van der Waals surface area contributed by atoms with Crippen molar-refractivity contribution in [3.05, 3.63) is 15.5 Å². The van der Waals surface area contributed by atoms with Crippen molar-refractivity contribution in [1.82, 2.24) is 14.8 Å². The summed E-state index contributed by atoms with van der Waals surface area (Å²) >= 11 is 7.36. The first kappa shape index (κ1) is 10.4. The van der Waals surface area contributed by atoms with Crippen LogP contribution in [0.4, 0.5) is 0 Å². The van der Waals surface area contributed by atoms with Gasteiger partial charge in [0.1, 0.15) is 0 Å². The lowest BCUT2D eigenvalue weighted by Gasteiger charge is -2.31. The van der Waals surface area contributed by atoms with E-state index < -0.39 is 0 Å². The topological polar surface area (TPSA) is 19.4 Å². The Bertz CT molecular complexity index is 294. The Morgan fingerprint density at radius 2 is 2.14 bits per heavy atom. The number of piperazine rings is 1. The van der Waals surface area contributed by atoms with E-state index in [1.165, 1.54) is 4.88 Å². The van der Waals surface area contributed by atoms with Crippen molar-refractivity contribution in [3.8, 4) is 0 Å². The molecule has 1 fully saturated rings. The first-order valence-corrected chi connectivity index (χ1v) is 5.94. The van der Waals surface area contributed by atoms with Crippen LogP contribution < -0.4 is 0 Å². The molecule has 0 amide bonds. The summed E-state index contributed by atoms with van der Waals surface area (Å²) in [7, 11) is 2.17. The molecule has 1 aliphatic heterocycles. The molecule has 78 valence electrons. The zero-order chi connectivity index (χ0) is 9.97. The molecule has 2 heterocycles. The van der Waals surface area contributed by atoms with Crippen LogP contribution in [0.25, 0.3) is 0 Å². The minimum absolute atomic E-state index is 0.647. The fraction of sp³-hybridized carbons (Fsp3) is 0.667. The van der Waals surface area contributed by atoms with E-state index in [4.69, 9.17) is 11.6 Å². The van der Waals surface area contributed by atoms with Gasteiger partial charge in [0.2, 0.25) is 0 Å². The van der Waals surface area contributed by atoms with Gasteiger partial charge in [-0.1, -0.05) is 11.6 Å². The summed E-state index contributed by atoms with van der Waals surface area (Å²) in [4.78, 5) is 10.1. The van der Waals surface area contributed by atoms with Crippen LogP contribution in [-0.2, 0) is 6.54 Å². The van der Waals surface area contributed by atoms with Crippen LogP contribution in [0.15, 0.2) is 6.20 Å². The number of aromatic nitrogens is 1. The van der Waals surface area contributed by atoms with Crippen molar-refractivity contribution >= 4 is 22.9 Å². The molecule has 3 nitrogen and oxygen atoms in total. The third kappa shape index (κ3) is 2.67. The Morgan fingerprint density at radius 3 is 2.71 bits per heavy atom. The van der Waals surface area contributed by atoms with Crippen LogP contribution in [0.5, 0.6) is 0 Å². The van der Waals surface area contributed by atoms with E-state index in [1.807, 2.05) is 6.20 Å². The van der Waals surface area contributed by atoms with Gasteiger partial charge in [-0.3, -0.25) is 4.90 Å². The van der Waals surface area contributed by atoms with Crippen LogP contribution in [0.3, 0.4) is 0 Å². The monoisotopic (exact) mass is 231 g/mol. The molecule has 0 N–H and O–H groups in total. The first-order valence-electron chi connectivity index (χ1n) is 4.75. The number of hydrogen-bond acceptors (Lipinski definition) is 4. The van der Waals surface area contributed by atoms with Crippen LogP contribution in [0, 0.1) is 0 Å². The number of rotatable bonds is 2. The van der Waals surface area contributed by atoms with Crippen LogP contribution in [0.1, 0.15) is 4.88 Å². The van der Waals surface area contributed by atoms with E-state index >= 15 is 0 Å². The second-order valence-electron chi connectivity index (χ2n) is 3.66. The number of likely N-dealkylation sites (N-methyl/N-ethyl adjacent to an activating group) is 1. The molecule has 1 saturated heterocycles. The van der Waals surface area contributed by atoms with E-state index in [-0.39, 0.29) is 0 Å². The zero-order valence-corrected chi connectivity index (χ0v) is 9.81. The largest absolute Gasteiger partial charge is 0.304 e. The molecule has 1 aromatic heterocycles. The highest BCUT2D eigenvalue weighted by Crippen LogP contribution is 2.19. The van der Waals surface area contributed by atoms with E-state index in [1.54, 1.807) is 11.3 Å². The van der Waals surface area contributed by atoms with E-state index in [0.29, 0.717) is 4.47 Å². The van der Waals surface area contributed by atoms with Crippen molar-refractivity contribution in [2.24, 2.45) is 0 Å². The van der Waals surface area contributed by atoms with Gasteiger partial charge in [-0.15, -0.1) is 11.3 Å². The summed E-state index contributed by atoms with van der Waals surface area (Å²) < 4.78 is 0.647. The highest BCUT2D eigenvalue weighted by molar-refractivity contribution is 7.15. The Hall–Kier alpha value is -0.160. The Balaban J connectivity index is 1.86. The van der Waals surface area contributed by atoms with Crippen molar-refractivity contribution < 1.29 is 0 Å². The van der Waals surface area contributed by atoms with Gasteiger partial charge in [0, 0.05) is 43.8 Å². The predicted molar refractivity (Wildman–Crippen MR) is 59.9 cm³/mol. The maximum atomic E-state index is 5.78. The molecule has 0 aromatic carbocycles. The molecule has 0 aliphatic carbocycles. The molecule has 1 aromatic rings. The van der Waals surface area contributed by atoms with E-state index in [9.17, 15) is 0 Å². The summed E-state index contributed by atoms with van der Waals surface area (Å²) in [6, 6.07) is 0. The van der Waals surface area contributed by atoms with Crippen molar-refractivity contribution in [3.63, 3.8) is 0 Å². The molecule has 0 spiro atoms. The van der Waals surface area contributed by atoms with Gasteiger partial charge in [0.25, 0.3) is 0 Å². The summed E-state index contributed by atoms with van der Waals surface area (Å²) in [5.41, 5.74) is 0. The van der Waals surface area contributed by atoms with Gasteiger partial charge in [-0.25, -0.2) is 4.98 Å². The summed E-state index contributed by atoms with van der Waals surface area (Å²) in [6.45, 7) is 5.61. The maximum Gasteiger partial charge on any atom is 0.183 e. The Labute approximate surface area is 93.3 Å². The van der Waals surface area contributed by atoms with Gasteiger partial charge < -0.3 is 4.90 Å². The maximum absolute atomic E-state index is 5.78. The molecule has 14 heavy (non-hydrogen) atoms. The molecule has 1 aliphatic rings. The van der Waals surface area contributed by atoms with E-state index in [0.717, 1.165) is 32.7 Å². The zero-order valence-electron chi connectivity index (χ0n) is 8.24. The lowest BCUT2D eigenvalue weighted by Crippen LogP contribution is -2.43. The fourth-order valence-electron chi connectivity index (χ4n) is 1.58. The van der Waals surface area contributed by atoms with Gasteiger partial charge in [0.05, 0.1) is 0 Å². The standard InChI is InChI=1S/C9H14ClN3S/c1-12-2-4-13(5-3-12)7-8-6-11-9(10)14-8/h6H,2-5,7H2,1H3. The molecular formula is C9H14ClN3S. The fourth-order valence-corrected chi connectivity index (χ4v) is 2.60. The predicted octanol–water partition coefficient (Wildman–Crippen LogP) is 1.54. The van der Waals surface area contributed by atoms with E-state index in [2.05, 4.69) is 21.8 Å². The molecule has 0 atom stereocenters. The molecule has 0 bridgehead atoms. The van der Waals surface area contributed by atoms with Gasteiger partial charge in [-0.2, -0.15) is 0 Å². The van der Waals surface area contributed by atoms with Crippen molar-refractivity contribution in [2.45, 2.75) is 6.54 Å². The minimum Gasteiger partial charge on any atom is -0.304 e. The first-order chi connectivity index (χ1) is 6.74. The Morgan fingerprint density at radius 1 is 1.43 bits per heavy atom. The summed E-state index contributed by atoms with van der Waals surface area (Å²) in [5, 5.41) is 0. The quantitative estimate of drug-likeness (QED) is 0.770. The number of nitrogens with zero attached hydrogens (tertiary/aromatic N) is 3. The van der Waals surface area contributed by atoms with Gasteiger partial charge in [0.15, 0.2) is 4.47 Å². The van der Waals surface area contributed by atoms with Crippen LogP contribution in [-0.4, -0.2) is 48.0 Å². The molecule has 5 heteroatoms. The second kappa shape index (κ2) is 4.57. The lowest BCUT2D eigenvalue weighted by atomic mass is 10.3. The third-order valence-electron chi connectivity index (χ3n) is 2.50. The highest BCUT2D eigenvalue weighted by Gasteiger charge is 2.14. The third-order valence-corrected chi connectivity index (χ3v) is 3.60. The number of thiazole rings is 1. The molecule has 2 rings (SSSR count). The number of halogens is 1. The smallest absolute Gasteiger partial charge is 0.183 e. The lowest BCUT2D eigenvalue weighted by molar-refractivity contribution is 0.149. The normalized spacial score (nSPS) is 20.1. The molecule has 0 saturated carbocycles. The highest BCUT2D eigenvalue weighted by atomic mass is 35.5. The SMILES string of the molecule is CN1CCN(Cc2cnc(Cl)s2)CC1. The Kier molecular flexibility index (Phi) is 3.38. The van der Waals surface area contributed by atoms with Crippen LogP contribution >= 0.6 is 22.9 Å². The van der Waals surface area contributed by atoms with Crippen molar-refractivity contribution in [2.75, 3.05) is 33.2 Å². The van der Waals surface area contributed by atoms with Crippen molar-refractivity contribution in [1.29, 1.82) is 0 Å². The average Bonchev–Trinajstić information content (AvgIpc) is 2.56. The molecular weight excluding hydrogens is 218 g/mol.